The van der Waals surface area contributed by atoms with Crippen LogP contribution in [0.4, 0.5) is 4.39 Å². The summed E-state index contributed by atoms with van der Waals surface area (Å²) >= 11 is 0. The summed E-state index contributed by atoms with van der Waals surface area (Å²) in [6.07, 6.45) is 1.43. The molecule has 1 heterocycles. The normalized spacial score (nSPS) is 18.8. The summed E-state index contributed by atoms with van der Waals surface area (Å²) in [5.74, 6) is 0.685. The zero-order chi connectivity index (χ0) is 18.8. The number of rotatable bonds is 5. The van der Waals surface area contributed by atoms with Crippen LogP contribution in [0.1, 0.15) is 38.8 Å². The van der Waals surface area contributed by atoms with E-state index in [0.29, 0.717) is 17.9 Å². The van der Waals surface area contributed by atoms with Crippen LogP contribution in [-0.2, 0) is 15.9 Å². The Morgan fingerprint density at radius 2 is 1.65 bits per heavy atom. The van der Waals surface area contributed by atoms with Crippen molar-refractivity contribution in [1.82, 2.24) is 0 Å². The Labute approximate surface area is 154 Å². The summed E-state index contributed by atoms with van der Waals surface area (Å²) in [4.78, 5) is 0. The number of halogens is 1. The molecule has 0 amide bonds. The first-order valence-electron chi connectivity index (χ1n) is 8.76. The second-order valence-corrected chi connectivity index (χ2v) is 7.46. The highest BCUT2D eigenvalue weighted by Crippen LogP contribution is 2.39. The van der Waals surface area contributed by atoms with E-state index in [0.717, 1.165) is 5.56 Å². The molecule has 0 saturated carbocycles. The van der Waals surface area contributed by atoms with Crippen LogP contribution in [0.3, 0.4) is 0 Å². The molecule has 3 rings (SSSR count). The quantitative estimate of drug-likeness (QED) is 0.690. The number of hydrogen-bond donors (Lipinski definition) is 0. The van der Waals surface area contributed by atoms with Gasteiger partial charge in [-0.05, 0) is 57.0 Å². The molecule has 136 valence electrons. The first kappa shape index (κ1) is 18.7. The van der Waals surface area contributed by atoms with Crippen LogP contribution in [0.2, 0.25) is 0 Å². The van der Waals surface area contributed by atoms with Gasteiger partial charge in [0.15, 0.2) is 0 Å². The number of ether oxygens (including phenoxy) is 1. The molecule has 3 nitrogen and oxygen atoms in total. The minimum Gasteiger partial charge on any atom is -0.489 e. The highest BCUT2D eigenvalue weighted by molar-refractivity contribution is 6.54. The van der Waals surface area contributed by atoms with Crippen molar-refractivity contribution < 1.29 is 18.4 Å². The molecule has 26 heavy (non-hydrogen) atoms. The highest BCUT2D eigenvalue weighted by Gasteiger charge is 2.53. The summed E-state index contributed by atoms with van der Waals surface area (Å²) in [7, 11) is -0.992. The number of hydrogen-bond acceptors (Lipinski definition) is 3. The Bertz CT molecular complexity index is 771. The molecule has 0 spiro atoms. The molecule has 0 N–H and O–H groups in total. The zero-order valence-corrected chi connectivity index (χ0v) is 15.7. The molecule has 0 aliphatic carbocycles. The average Bonchev–Trinajstić information content (AvgIpc) is 2.82. The van der Waals surface area contributed by atoms with Crippen LogP contribution in [0.5, 0.6) is 5.75 Å². The molecule has 0 unspecified atom stereocenters. The minimum absolute atomic E-state index is 0.455. The maximum Gasteiger partial charge on any atom is 0.525 e. The van der Waals surface area contributed by atoms with E-state index in [9.17, 15) is 4.39 Å². The van der Waals surface area contributed by atoms with Crippen molar-refractivity contribution in [2.75, 3.05) is 0 Å². The van der Waals surface area contributed by atoms with Crippen LogP contribution in [0.25, 0.3) is 6.08 Å². The maximum atomic E-state index is 14.6. The minimum atomic E-state index is -0.992. The van der Waals surface area contributed by atoms with Gasteiger partial charge in [0.1, 0.15) is 18.1 Å². The summed E-state index contributed by atoms with van der Waals surface area (Å²) in [5.41, 5.74) is 0.191. The van der Waals surface area contributed by atoms with Gasteiger partial charge in [-0.1, -0.05) is 42.5 Å². The first-order chi connectivity index (χ1) is 12.3. The maximum absolute atomic E-state index is 14.6. The van der Waals surface area contributed by atoms with Crippen molar-refractivity contribution in [3.8, 4) is 5.75 Å². The molecule has 0 atom stereocenters. The molecule has 1 aliphatic rings. The third-order valence-corrected chi connectivity index (χ3v) is 4.89. The van der Waals surface area contributed by atoms with Gasteiger partial charge in [-0.2, -0.15) is 0 Å². The molecule has 2 aromatic carbocycles. The Morgan fingerprint density at radius 3 is 2.31 bits per heavy atom. The Morgan fingerprint density at radius 1 is 1.00 bits per heavy atom. The first-order valence-corrected chi connectivity index (χ1v) is 8.76. The molecule has 1 fully saturated rings. The predicted octanol–water partition coefficient (Wildman–Crippen LogP) is 5.21. The van der Waals surface area contributed by atoms with Gasteiger partial charge in [0.2, 0.25) is 0 Å². The summed E-state index contributed by atoms with van der Waals surface area (Å²) in [6.45, 7) is 8.07. The van der Waals surface area contributed by atoms with E-state index in [-0.39, 0.29) is 0 Å². The topological polar surface area (TPSA) is 27.7 Å². The van der Waals surface area contributed by atoms with E-state index < -0.39 is 24.0 Å². The van der Waals surface area contributed by atoms with Crippen molar-refractivity contribution in [1.29, 1.82) is 0 Å². The van der Waals surface area contributed by atoms with E-state index in [2.05, 4.69) is 0 Å². The largest absolute Gasteiger partial charge is 0.525 e. The van der Waals surface area contributed by atoms with E-state index in [1.165, 1.54) is 6.08 Å². The molecule has 0 aromatic heterocycles. The van der Waals surface area contributed by atoms with E-state index in [1.807, 2.05) is 76.2 Å². The molecule has 0 bridgehead atoms. The summed E-state index contributed by atoms with van der Waals surface area (Å²) in [6, 6.07) is 17.2. The van der Waals surface area contributed by atoms with Crippen LogP contribution in [0.15, 0.2) is 60.3 Å². The van der Waals surface area contributed by atoms with Crippen LogP contribution >= 0.6 is 0 Å². The van der Waals surface area contributed by atoms with Gasteiger partial charge >= 0.3 is 7.12 Å². The van der Waals surface area contributed by atoms with Crippen molar-refractivity contribution in [2.24, 2.45) is 0 Å². The van der Waals surface area contributed by atoms with Gasteiger partial charge in [-0.25, -0.2) is 4.39 Å². The fourth-order valence-corrected chi connectivity index (χ4v) is 2.62. The van der Waals surface area contributed by atoms with Crippen LogP contribution < -0.4 is 4.74 Å². The second kappa shape index (κ2) is 7.26. The van der Waals surface area contributed by atoms with Crippen molar-refractivity contribution in [3.63, 3.8) is 0 Å². The van der Waals surface area contributed by atoms with Gasteiger partial charge in [-0.3, -0.25) is 0 Å². The van der Waals surface area contributed by atoms with E-state index in [4.69, 9.17) is 14.0 Å². The molecular formula is C21H24BFO3. The van der Waals surface area contributed by atoms with Gasteiger partial charge in [0, 0.05) is 0 Å². The third-order valence-electron chi connectivity index (χ3n) is 4.89. The lowest BCUT2D eigenvalue weighted by Crippen LogP contribution is -2.41. The summed E-state index contributed by atoms with van der Waals surface area (Å²) in [5, 5.41) is 0. The molecular weight excluding hydrogens is 330 g/mol. The van der Waals surface area contributed by atoms with E-state index >= 15 is 0 Å². The highest BCUT2D eigenvalue weighted by atomic mass is 19.1. The van der Waals surface area contributed by atoms with Gasteiger partial charge in [0.05, 0.1) is 11.2 Å². The second-order valence-electron chi connectivity index (χ2n) is 7.46. The Hall–Kier alpha value is -2.11. The van der Waals surface area contributed by atoms with Crippen LogP contribution in [0, 0.1) is 0 Å². The lowest BCUT2D eigenvalue weighted by atomic mass is 9.87. The Balaban J connectivity index is 1.69. The van der Waals surface area contributed by atoms with E-state index in [1.54, 1.807) is 6.07 Å². The third kappa shape index (κ3) is 4.17. The Kier molecular flexibility index (Phi) is 5.21. The molecule has 5 heteroatoms. The van der Waals surface area contributed by atoms with Crippen LogP contribution in [-0.4, -0.2) is 18.3 Å². The fourth-order valence-electron chi connectivity index (χ4n) is 2.62. The predicted molar refractivity (Wildman–Crippen MR) is 102 cm³/mol. The molecule has 1 saturated heterocycles. The van der Waals surface area contributed by atoms with Gasteiger partial charge in [-0.15, -0.1) is 0 Å². The fraction of sp³-hybridized carbons (Fsp3) is 0.333. The van der Waals surface area contributed by atoms with Crippen molar-refractivity contribution in [3.05, 3.63) is 71.5 Å². The lowest BCUT2D eigenvalue weighted by molar-refractivity contribution is 0.00578. The van der Waals surface area contributed by atoms with Gasteiger partial charge in [0.25, 0.3) is 0 Å². The average molecular weight is 354 g/mol. The van der Waals surface area contributed by atoms with Crippen molar-refractivity contribution >= 4 is 13.2 Å². The molecule has 0 radical (unpaired) electrons. The monoisotopic (exact) mass is 354 g/mol. The zero-order valence-electron chi connectivity index (χ0n) is 15.7. The summed E-state index contributed by atoms with van der Waals surface area (Å²) < 4.78 is 31.9. The molecule has 1 aliphatic heterocycles. The smallest absolute Gasteiger partial charge is 0.489 e. The van der Waals surface area contributed by atoms with Gasteiger partial charge < -0.3 is 14.0 Å². The lowest BCUT2D eigenvalue weighted by Gasteiger charge is -2.32. The SMILES string of the molecule is CC1(C)OB(C(F)=Cc2cccc(OCc3ccccc3)c2)OC1(C)C. The standard InChI is InChI=1S/C21H24BFO3/c1-20(2)21(3,4)26-22(25-20)19(23)14-17-11-8-12-18(13-17)24-15-16-9-6-5-7-10-16/h5-14H,15H2,1-4H3. The molecule has 2 aromatic rings. The number of benzene rings is 2. The van der Waals surface area contributed by atoms with Crippen molar-refractivity contribution in [2.45, 2.75) is 45.5 Å².